The van der Waals surface area contributed by atoms with Crippen molar-refractivity contribution in [3.63, 3.8) is 0 Å². The Bertz CT molecular complexity index is 474. The molecule has 0 atom stereocenters. The van der Waals surface area contributed by atoms with Crippen molar-refractivity contribution in [2.24, 2.45) is 0 Å². The van der Waals surface area contributed by atoms with E-state index in [4.69, 9.17) is 0 Å². The van der Waals surface area contributed by atoms with Gasteiger partial charge in [0.05, 0.1) is 0 Å². The van der Waals surface area contributed by atoms with Crippen LogP contribution in [-0.2, 0) is 6.42 Å². The summed E-state index contributed by atoms with van der Waals surface area (Å²) in [6, 6.07) is 12.5. The molecule has 1 heterocycles. The minimum atomic E-state index is 0.820. The summed E-state index contributed by atoms with van der Waals surface area (Å²) in [6.07, 6.45) is 2.20. The summed E-state index contributed by atoms with van der Waals surface area (Å²) in [5.74, 6) is 1.74. The molecule has 1 aromatic heterocycles. The van der Waals surface area contributed by atoms with Gasteiger partial charge in [0, 0.05) is 18.3 Å². The fraction of sp³-hybridized carbons (Fsp3) is 0.333. The van der Waals surface area contributed by atoms with Crippen LogP contribution in [0.2, 0.25) is 0 Å². The highest BCUT2D eigenvalue weighted by molar-refractivity contribution is 5.35. The van der Waals surface area contributed by atoms with Gasteiger partial charge in [-0.15, -0.1) is 0 Å². The van der Waals surface area contributed by atoms with Gasteiger partial charge < -0.3 is 5.32 Å². The SMILES string of the molecule is Cc1cc(NCCCc2ccccc2)nc(C)n1. The molecular weight excluding hydrogens is 222 g/mol. The Morgan fingerprint density at radius 1 is 1.06 bits per heavy atom. The third kappa shape index (κ3) is 3.84. The molecule has 0 saturated carbocycles. The van der Waals surface area contributed by atoms with E-state index in [1.807, 2.05) is 26.0 Å². The van der Waals surface area contributed by atoms with Crippen LogP contribution in [0.25, 0.3) is 0 Å². The molecule has 18 heavy (non-hydrogen) atoms. The summed E-state index contributed by atoms with van der Waals surface area (Å²) >= 11 is 0. The van der Waals surface area contributed by atoms with Crippen molar-refractivity contribution in [2.75, 3.05) is 11.9 Å². The van der Waals surface area contributed by atoms with Crippen LogP contribution in [0.4, 0.5) is 5.82 Å². The van der Waals surface area contributed by atoms with Crippen molar-refractivity contribution in [1.29, 1.82) is 0 Å². The van der Waals surface area contributed by atoms with E-state index in [-0.39, 0.29) is 0 Å². The Morgan fingerprint density at radius 3 is 2.56 bits per heavy atom. The van der Waals surface area contributed by atoms with Gasteiger partial charge in [-0.1, -0.05) is 30.3 Å². The van der Waals surface area contributed by atoms with Crippen LogP contribution < -0.4 is 5.32 Å². The van der Waals surface area contributed by atoms with Gasteiger partial charge >= 0.3 is 0 Å². The van der Waals surface area contributed by atoms with E-state index in [0.717, 1.165) is 36.7 Å². The van der Waals surface area contributed by atoms with Gasteiger partial charge in [-0.2, -0.15) is 0 Å². The summed E-state index contributed by atoms with van der Waals surface area (Å²) in [7, 11) is 0. The van der Waals surface area contributed by atoms with E-state index in [1.54, 1.807) is 0 Å². The van der Waals surface area contributed by atoms with Gasteiger partial charge in [0.1, 0.15) is 11.6 Å². The molecule has 0 unspecified atom stereocenters. The molecule has 0 spiro atoms. The second-order valence-electron chi connectivity index (χ2n) is 4.46. The minimum Gasteiger partial charge on any atom is -0.370 e. The summed E-state index contributed by atoms with van der Waals surface area (Å²) < 4.78 is 0. The van der Waals surface area contributed by atoms with E-state index in [9.17, 15) is 0 Å². The van der Waals surface area contributed by atoms with Gasteiger partial charge in [0.2, 0.25) is 0 Å². The summed E-state index contributed by atoms with van der Waals surface area (Å²) in [4.78, 5) is 8.62. The van der Waals surface area contributed by atoms with Crippen molar-refractivity contribution in [1.82, 2.24) is 9.97 Å². The molecule has 0 aliphatic rings. The smallest absolute Gasteiger partial charge is 0.129 e. The highest BCUT2D eigenvalue weighted by Crippen LogP contribution is 2.07. The quantitative estimate of drug-likeness (QED) is 0.817. The van der Waals surface area contributed by atoms with E-state index >= 15 is 0 Å². The molecule has 2 aromatic rings. The number of aryl methyl sites for hydroxylation is 3. The van der Waals surface area contributed by atoms with Crippen molar-refractivity contribution in [3.05, 3.63) is 53.5 Å². The van der Waals surface area contributed by atoms with E-state index in [1.165, 1.54) is 5.56 Å². The zero-order chi connectivity index (χ0) is 12.8. The second-order valence-corrected chi connectivity index (χ2v) is 4.46. The number of rotatable bonds is 5. The Labute approximate surface area is 108 Å². The number of nitrogens with zero attached hydrogens (tertiary/aromatic N) is 2. The first kappa shape index (κ1) is 12.6. The molecule has 94 valence electrons. The van der Waals surface area contributed by atoms with E-state index in [0.29, 0.717) is 0 Å². The number of hydrogen-bond acceptors (Lipinski definition) is 3. The number of anilines is 1. The first-order chi connectivity index (χ1) is 8.74. The van der Waals surface area contributed by atoms with Crippen molar-refractivity contribution in [3.8, 4) is 0 Å². The monoisotopic (exact) mass is 241 g/mol. The van der Waals surface area contributed by atoms with Crippen LogP contribution in [0.3, 0.4) is 0 Å². The topological polar surface area (TPSA) is 37.8 Å². The van der Waals surface area contributed by atoms with Crippen LogP contribution in [-0.4, -0.2) is 16.5 Å². The first-order valence-electron chi connectivity index (χ1n) is 6.34. The average Bonchev–Trinajstić information content (AvgIpc) is 2.35. The van der Waals surface area contributed by atoms with E-state index < -0.39 is 0 Å². The molecule has 0 saturated heterocycles. The zero-order valence-electron chi connectivity index (χ0n) is 11.0. The Hall–Kier alpha value is -1.90. The number of nitrogens with one attached hydrogen (secondary N) is 1. The maximum atomic E-state index is 4.36. The largest absolute Gasteiger partial charge is 0.370 e. The fourth-order valence-corrected chi connectivity index (χ4v) is 1.96. The Kier molecular flexibility index (Phi) is 4.29. The lowest BCUT2D eigenvalue weighted by atomic mass is 10.1. The molecule has 1 aromatic carbocycles. The standard InChI is InChI=1S/C15H19N3/c1-12-11-15(18-13(2)17-12)16-10-6-9-14-7-4-3-5-8-14/h3-5,7-8,11H,6,9-10H2,1-2H3,(H,16,17,18). The molecule has 0 aliphatic carbocycles. The Balaban J connectivity index is 1.78. The highest BCUT2D eigenvalue weighted by atomic mass is 15.0. The minimum absolute atomic E-state index is 0.820. The summed E-state index contributed by atoms with van der Waals surface area (Å²) in [5, 5.41) is 3.35. The lowest BCUT2D eigenvalue weighted by molar-refractivity contribution is 0.854. The molecule has 2 rings (SSSR count). The average molecular weight is 241 g/mol. The van der Waals surface area contributed by atoms with Crippen LogP contribution in [0.5, 0.6) is 0 Å². The number of aromatic nitrogens is 2. The predicted octanol–water partition coefficient (Wildman–Crippen LogP) is 3.14. The van der Waals surface area contributed by atoms with Crippen molar-refractivity contribution in [2.45, 2.75) is 26.7 Å². The first-order valence-corrected chi connectivity index (χ1v) is 6.34. The molecule has 0 amide bonds. The van der Waals surface area contributed by atoms with Crippen molar-refractivity contribution < 1.29 is 0 Å². The van der Waals surface area contributed by atoms with Crippen LogP contribution in [0, 0.1) is 13.8 Å². The predicted molar refractivity (Wildman–Crippen MR) is 74.8 cm³/mol. The van der Waals surface area contributed by atoms with Gasteiger partial charge in [0.25, 0.3) is 0 Å². The Morgan fingerprint density at radius 2 is 1.83 bits per heavy atom. The molecular formula is C15H19N3. The second kappa shape index (κ2) is 6.15. The number of hydrogen-bond donors (Lipinski definition) is 1. The van der Waals surface area contributed by atoms with Gasteiger partial charge in [-0.3, -0.25) is 0 Å². The van der Waals surface area contributed by atoms with Gasteiger partial charge in [-0.25, -0.2) is 9.97 Å². The van der Waals surface area contributed by atoms with Crippen LogP contribution in [0.1, 0.15) is 23.5 Å². The molecule has 1 N–H and O–H groups in total. The van der Waals surface area contributed by atoms with Crippen LogP contribution >= 0.6 is 0 Å². The lowest BCUT2D eigenvalue weighted by Gasteiger charge is -2.07. The molecule has 3 heteroatoms. The van der Waals surface area contributed by atoms with Crippen LogP contribution in [0.15, 0.2) is 36.4 Å². The third-order valence-electron chi connectivity index (χ3n) is 2.76. The fourth-order valence-electron chi connectivity index (χ4n) is 1.96. The van der Waals surface area contributed by atoms with Gasteiger partial charge in [0.15, 0.2) is 0 Å². The lowest BCUT2D eigenvalue weighted by Crippen LogP contribution is -2.06. The molecule has 0 bridgehead atoms. The number of benzene rings is 1. The molecule has 0 radical (unpaired) electrons. The molecule has 0 fully saturated rings. The normalized spacial score (nSPS) is 10.3. The highest BCUT2D eigenvalue weighted by Gasteiger charge is 1.98. The molecule has 0 aliphatic heterocycles. The van der Waals surface area contributed by atoms with Crippen molar-refractivity contribution >= 4 is 5.82 Å². The zero-order valence-corrected chi connectivity index (χ0v) is 11.0. The maximum absolute atomic E-state index is 4.36. The van der Waals surface area contributed by atoms with Gasteiger partial charge in [-0.05, 0) is 32.3 Å². The summed E-state index contributed by atoms with van der Waals surface area (Å²) in [5.41, 5.74) is 2.39. The maximum Gasteiger partial charge on any atom is 0.129 e. The summed E-state index contributed by atoms with van der Waals surface area (Å²) in [6.45, 7) is 4.84. The third-order valence-corrected chi connectivity index (χ3v) is 2.76. The van der Waals surface area contributed by atoms with E-state index in [2.05, 4.69) is 39.6 Å². The molecule has 3 nitrogen and oxygen atoms in total.